The van der Waals surface area contributed by atoms with Gasteiger partial charge >= 0.3 is 0 Å². The maximum absolute atomic E-state index is 15.1. The number of para-hydroxylation sites is 3. The Hall–Kier alpha value is -6.19. The van der Waals surface area contributed by atoms with Crippen molar-refractivity contribution < 1.29 is 38.7 Å². The summed E-state index contributed by atoms with van der Waals surface area (Å²) in [6, 6.07) is 35.2. The molecule has 1 saturated heterocycles. The maximum Gasteiger partial charge on any atom is 0.269 e. The van der Waals surface area contributed by atoms with Gasteiger partial charge in [-0.3, -0.25) is 29.4 Å². The van der Waals surface area contributed by atoms with Crippen LogP contribution in [-0.4, -0.2) is 65.0 Å². The van der Waals surface area contributed by atoms with Gasteiger partial charge in [0.05, 0.1) is 47.5 Å². The summed E-state index contributed by atoms with van der Waals surface area (Å²) in [6.07, 6.45) is -1.08. The quantitative estimate of drug-likeness (QED) is 0.0785. The van der Waals surface area contributed by atoms with E-state index in [9.17, 15) is 29.6 Å². The Morgan fingerprint density at radius 3 is 2.25 bits per heavy atom. The van der Waals surface area contributed by atoms with Crippen LogP contribution in [0.2, 0.25) is 18.6 Å². The molecule has 5 aromatic rings. The van der Waals surface area contributed by atoms with E-state index in [0.717, 1.165) is 5.56 Å². The molecule has 0 unspecified atom stereocenters. The highest BCUT2D eigenvalue weighted by molar-refractivity contribution is 6.71. The number of non-ortho nitro benzene ring substituents is 1. The molecule has 59 heavy (non-hydrogen) atoms. The number of fused-ring (bicyclic) bond motifs is 4. The van der Waals surface area contributed by atoms with Gasteiger partial charge in [-0.2, -0.15) is 0 Å². The summed E-state index contributed by atoms with van der Waals surface area (Å²) in [5.41, 5.74) is 1.29. The summed E-state index contributed by atoms with van der Waals surface area (Å²) in [4.78, 5) is 71.2. The summed E-state index contributed by atoms with van der Waals surface area (Å²) in [5, 5.41) is 22.0. The van der Waals surface area contributed by atoms with Crippen LogP contribution in [0.15, 0.2) is 121 Å². The molecule has 0 aromatic heterocycles. The first kappa shape index (κ1) is 39.6. The molecule has 3 heterocycles. The molecule has 13 nitrogen and oxygen atoms in total. The Morgan fingerprint density at radius 1 is 0.881 bits per heavy atom. The van der Waals surface area contributed by atoms with E-state index < -0.39 is 42.3 Å². The van der Waals surface area contributed by atoms with Crippen LogP contribution in [0.25, 0.3) is 0 Å². The Bertz CT molecular complexity index is 2440. The Labute approximate surface area is 342 Å². The van der Waals surface area contributed by atoms with E-state index in [4.69, 9.17) is 9.47 Å². The molecule has 0 radical (unpaired) electrons. The largest absolute Gasteiger partial charge is 0.454 e. The minimum absolute atomic E-state index is 0.0633. The fourth-order valence-corrected chi connectivity index (χ4v) is 11.6. The van der Waals surface area contributed by atoms with Gasteiger partial charge in [-0.1, -0.05) is 73.7 Å². The van der Waals surface area contributed by atoms with Gasteiger partial charge in [0.25, 0.3) is 17.5 Å². The number of hydrogen-bond donors (Lipinski definition) is 2. The number of nitrogens with zero attached hydrogens (tertiary/aromatic N) is 4. The lowest BCUT2D eigenvalue weighted by atomic mass is 9.82. The number of anilines is 3. The number of carbonyl (C=O) groups is 3. The van der Waals surface area contributed by atoms with Gasteiger partial charge in [0.2, 0.25) is 5.91 Å². The molecule has 8 rings (SSSR count). The highest BCUT2D eigenvalue weighted by Gasteiger charge is 2.66. The van der Waals surface area contributed by atoms with E-state index >= 15 is 4.79 Å². The first-order chi connectivity index (χ1) is 28.3. The van der Waals surface area contributed by atoms with E-state index in [1.807, 2.05) is 73.7 Å². The summed E-state index contributed by atoms with van der Waals surface area (Å²) in [6.45, 7) is 5.43. The van der Waals surface area contributed by atoms with Crippen LogP contribution in [-0.2, 0) is 33.0 Å². The lowest BCUT2D eigenvalue weighted by Gasteiger charge is -2.32. The molecule has 0 aliphatic carbocycles. The molecule has 1 spiro atoms. The minimum Gasteiger partial charge on any atom is -0.454 e. The zero-order valence-electron chi connectivity index (χ0n) is 32.9. The minimum atomic E-state index is -3.19. The number of carbonyl (C=O) groups excluding carboxylic acids is 3. The van der Waals surface area contributed by atoms with Crippen LogP contribution >= 0.6 is 0 Å². The number of ether oxygens (including phenoxy) is 2. The molecule has 302 valence electrons. The summed E-state index contributed by atoms with van der Waals surface area (Å²) >= 11 is 0. The number of aliphatic hydroxyl groups is 1. The molecule has 14 heteroatoms. The topological polar surface area (TPSA) is 163 Å². The molecular weight excluding hydrogens is 769 g/mol. The predicted molar refractivity (Wildman–Crippen MR) is 223 cm³/mol. The van der Waals surface area contributed by atoms with Gasteiger partial charge < -0.3 is 29.2 Å². The van der Waals surface area contributed by atoms with Crippen molar-refractivity contribution in [3.8, 4) is 11.5 Å². The molecule has 2 N–H and O–H groups in total. The molecule has 0 saturated carbocycles. The zero-order valence-corrected chi connectivity index (χ0v) is 33.9. The molecule has 3 aliphatic rings. The number of benzene rings is 5. The molecule has 3 amide bonds. The number of amides is 3. The van der Waals surface area contributed by atoms with Gasteiger partial charge in [-0.25, -0.2) is 0 Å². The average molecular weight is 813 g/mol. The van der Waals surface area contributed by atoms with Crippen LogP contribution < -0.4 is 14.5 Å². The van der Waals surface area contributed by atoms with Gasteiger partial charge in [0.1, 0.15) is 5.75 Å². The van der Waals surface area contributed by atoms with Crippen LogP contribution in [0.3, 0.4) is 0 Å². The van der Waals surface area contributed by atoms with E-state index in [1.165, 1.54) is 17.0 Å². The van der Waals surface area contributed by atoms with E-state index in [0.29, 0.717) is 45.3 Å². The van der Waals surface area contributed by atoms with Crippen molar-refractivity contribution >= 4 is 48.8 Å². The van der Waals surface area contributed by atoms with Crippen LogP contribution in [0.1, 0.15) is 40.4 Å². The fourth-order valence-electron chi connectivity index (χ4n) is 9.05. The zero-order chi connectivity index (χ0) is 41.6. The third kappa shape index (κ3) is 7.07. The van der Waals surface area contributed by atoms with Crippen molar-refractivity contribution in [1.29, 1.82) is 0 Å². The van der Waals surface area contributed by atoms with Crippen molar-refractivity contribution in [2.75, 3.05) is 23.0 Å². The predicted octanol–water partition coefficient (Wildman–Crippen LogP) is 7.43. The fraction of sp³-hybridized carbons (Fsp3) is 0.267. The lowest BCUT2D eigenvalue weighted by Crippen LogP contribution is -2.46. The SMILES string of the molecule is C[C@H]1[C@H]([Si](C)(C)O)[C@@H](CC(=O)N(CCO)Cc2ccccc2)O[C@]12C(=O)N(Cc1ccc(N3C(=O)c4ccccc4Oc4ccccc43)cc1)c1ccc([N+](=O)[O-])cc12. The molecule has 1 fully saturated rings. The Kier molecular flexibility index (Phi) is 10.4. The standard InChI is InChI=1S/C45H44N4O9Si/c1-29-42(59(2,3)56)40(26-41(51)46(23-24-50)27-30-11-5-4-6-12-30)58-45(29)35-25-33(49(54)55)21-22-36(35)47(44(45)53)28-31-17-19-32(20-18-31)48-37-14-8-10-16-39(37)57-38-15-9-7-13-34(38)43(48)52/h4-22,25,29,40,42,50,56H,23-24,26-28H2,1-3H3/t29-,40+,42-,45+/m0/s1. The highest BCUT2D eigenvalue weighted by Crippen LogP contribution is 2.60. The van der Waals surface area contributed by atoms with Gasteiger partial charge in [-0.15, -0.1) is 0 Å². The second-order valence-corrected chi connectivity index (χ2v) is 19.8. The van der Waals surface area contributed by atoms with Crippen LogP contribution in [0.4, 0.5) is 22.7 Å². The summed E-state index contributed by atoms with van der Waals surface area (Å²) < 4.78 is 13.0. The van der Waals surface area contributed by atoms with Crippen LogP contribution in [0, 0.1) is 16.0 Å². The average Bonchev–Trinajstić information content (AvgIpc) is 3.59. The highest BCUT2D eigenvalue weighted by atomic mass is 28.4. The molecule has 3 aliphatic heterocycles. The smallest absolute Gasteiger partial charge is 0.269 e. The third-order valence-electron chi connectivity index (χ3n) is 11.7. The molecular formula is C45H44N4O9Si. The normalized spacial score (nSPS) is 20.8. The summed E-state index contributed by atoms with van der Waals surface area (Å²) in [7, 11) is -3.19. The van der Waals surface area contributed by atoms with Crippen molar-refractivity contribution in [3.63, 3.8) is 0 Å². The van der Waals surface area contributed by atoms with Gasteiger partial charge in [-0.05, 0) is 66.7 Å². The Balaban J connectivity index is 1.12. The number of rotatable bonds is 11. The van der Waals surface area contributed by atoms with E-state index in [1.54, 1.807) is 65.4 Å². The number of nitro benzene ring substituents is 1. The van der Waals surface area contributed by atoms with Crippen molar-refractivity contribution in [2.24, 2.45) is 5.92 Å². The van der Waals surface area contributed by atoms with Crippen molar-refractivity contribution in [3.05, 3.63) is 154 Å². The second-order valence-electron chi connectivity index (χ2n) is 15.8. The Morgan fingerprint density at radius 2 is 1.56 bits per heavy atom. The second kappa shape index (κ2) is 15.5. The number of nitro groups is 1. The third-order valence-corrected chi connectivity index (χ3v) is 14.2. The van der Waals surface area contributed by atoms with Crippen molar-refractivity contribution in [2.45, 2.75) is 56.8 Å². The van der Waals surface area contributed by atoms with Gasteiger partial charge in [0.15, 0.2) is 19.7 Å². The summed E-state index contributed by atoms with van der Waals surface area (Å²) in [5.74, 6) is -0.748. The van der Waals surface area contributed by atoms with Crippen LogP contribution in [0.5, 0.6) is 11.5 Å². The molecule has 5 aromatic carbocycles. The first-order valence-corrected chi connectivity index (χ1v) is 22.6. The van der Waals surface area contributed by atoms with E-state index in [-0.39, 0.29) is 50.2 Å². The first-order valence-electron chi connectivity index (χ1n) is 19.5. The lowest BCUT2D eigenvalue weighted by molar-refractivity contribution is -0.385. The molecule has 4 atom stereocenters. The monoisotopic (exact) mass is 812 g/mol. The van der Waals surface area contributed by atoms with E-state index in [2.05, 4.69) is 0 Å². The molecule has 0 bridgehead atoms. The van der Waals surface area contributed by atoms with Gasteiger partial charge in [0, 0.05) is 47.9 Å². The maximum atomic E-state index is 15.1. The number of hydrogen-bond acceptors (Lipinski definition) is 9. The number of aliphatic hydroxyl groups excluding tert-OH is 1. The van der Waals surface area contributed by atoms with Crippen molar-refractivity contribution in [1.82, 2.24) is 4.90 Å².